The highest BCUT2D eigenvalue weighted by molar-refractivity contribution is 5.96. The molecule has 0 fully saturated rings. The summed E-state index contributed by atoms with van der Waals surface area (Å²) in [4.78, 5) is 12.4. The van der Waals surface area contributed by atoms with E-state index in [0.29, 0.717) is 0 Å². The van der Waals surface area contributed by atoms with Crippen LogP contribution in [-0.4, -0.2) is 13.0 Å². The predicted octanol–water partition coefficient (Wildman–Crippen LogP) is 4.87. The van der Waals surface area contributed by atoms with Gasteiger partial charge in [-0.2, -0.15) is 0 Å². The molecule has 25 heavy (non-hydrogen) atoms. The molecule has 0 radical (unpaired) electrons. The fourth-order valence-electron chi connectivity index (χ4n) is 2.67. The van der Waals surface area contributed by atoms with Crippen molar-refractivity contribution < 1.29 is 18.3 Å². The van der Waals surface area contributed by atoms with Gasteiger partial charge in [-0.25, -0.2) is 8.78 Å². The van der Waals surface area contributed by atoms with E-state index in [0.717, 1.165) is 40.3 Å². The molecule has 0 heterocycles. The summed E-state index contributed by atoms with van der Waals surface area (Å²) in [5.41, 5.74) is 0.909. The lowest BCUT2D eigenvalue weighted by Gasteiger charge is -2.14. The molecule has 0 aliphatic rings. The lowest BCUT2D eigenvalue weighted by molar-refractivity contribution is -0.117. The monoisotopic (exact) mass is 341 g/mol. The van der Waals surface area contributed by atoms with E-state index in [1.54, 1.807) is 14.0 Å². The highest BCUT2D eigenvalue weighted by Crippen LogP contribution is 2.26. The summed E-state index contributed by atoms with van der Waals surface area (Å²) >= 11 is 0. The fourth-order valence-corrected chi connectivity index (χ4v) is 2.67. The van der Waals surface area contributed by atoms with Crippen molar-refractivity contribution in [2.45, 2.75) is 12.8 Å². The number of hydrogen-bond donors (Lipinski definition) is 1. The molecule has 128 valence electrons. The third-order valence-electron chi connectivity index (χ3n) is 4.09. The Labute approximate surface area is 144 Å². The number of anilines is 1. The van der Waals surface area contributed by atoms with E-state index in [-0.39, 0.29) is 11.6 Å². The quantitative estimate of drug-likeness (QED) is 0.735. The van der Waals surface area contributed by atoms with Crippen LogP contribution in [-0.2, 0) is 4.79 Å². The molecule has 5 heteroatoms. The van der Waals surface area contributed by atoms with Gasteiger partial charge >= 0.3 is 0 Å². The minimum Gasteiger partial charge on any atom is -0.497 e. The van der Waals surface area contributed by atoms with Crippen molar-refractivity contribution in [3.8, 4) is 5.75 Å². The number of rotatable bonds is 4. The normalized spacial score (nSPS) is 12.0. The number of nitrogens with one attached hydrogen (secondary N) is 1. The van der Waals surface area contributed by atoms with Crippen LogP contribution in [0.15, 0.2) is 54.6 Å². The van der Waals surface area contributed by atoms with Crippen molar-refractivity contribution in [3.05, 3.63) is 71.8 Å². The average Bonchev–Trinajstić information content (AvgIpc) is 2.59. The zero-order valence-electron chi connectivity index (χ0n) is 13.8. The van der Waals surface area contributed by atoms with Crippen molar-refractivity contribution in [1.82, 2.24) is 0 Å². The van der Waals surface area contributed by atoms with Gasteiger partial charge in [-0.15, -0.1) is 0 Å². The Kier molecular flexibility index (Phi) is 4.65. The van der Waals surface area contributed by atoms with Crippen LogP contribution in [0, 0.1) is 11.6 Å². The molecular formula is C20H17F2NO2. The zero-order valence-corrected chi connectivity index (χ0v) is 13.8. The van der Waals surface area contributed by atoms with Crippen LogP contribution in [0.2, 0.25) is 0 Å². The molecule has 0 bridgehead atoms. The number of halogens is 2. The number of amides is 1. The standard InChI is InChI=1S/C20H17F2NO2/c1-12(20(24)23-18-10-16(21)9-17(22)11-18)13-3-4-15-8-19(25-2)6-5-14(15)7-13/h3-12H,1-2H3,(H,23,24). The second-order valence-electron chi connectivity index (χ2n) is 5.84. The van der Waals surface area contributed by atoms with Gasteiger partial charge in [-0.3, -0.25) is 4.79 Å². The van der Waals surface area contributed by atoms with Crippen LogP contribution >= 0.6 is 0 Å². The maximum absolute atomic E-state index is 13.2. The van der Waals surface area contributed by atoms with Gasteiger partial charge in [0.15, 0.2) is 0 Å². The zero-order chi connectivity index (χ0) is 18.0. The van der Waals surface area contributed by atoms with Crippen molar-refractivity contribution in [2.75, 3.05) is 12.4 Å². The Morgan fingerprint density at radius 1 is 0.960 bits per heavy atom. The first-order valence-corrected chi connectivity index (χ1v) is 7.81. The molecule has 0 aliphatic heterocycles. The molecule has 3 aromatic rings. The van der Waals surface area contributed by atoms with Crippen LogP contribution in [0.4, 0.5) is 14.5 Å². The molecule has 1 unspecified atom stereocenters. The van der Waals surface area contributed by atoms with Gasteiger partial charge in [-0.1, -0.05) is 24.3 Å². The largest absolute Gasteiger partial charge is 0.497 e. The molecule has 1 amide bonds. The van der Waals surface area contributed by atoms with Crippen LogP contribution < -0.4 is 10.1 Å². The SMILES string of the molecule is COc1ccc2cc(C(C)C(=O)Nc3cc(F)cc(F)c3)ccc2c1. The molecule has 0 spiro atoms. The number of hydrogen-bond acceptors (Lipinski definition) is 2. The lowest BCUT2D eigenvalue weighted by atomic mass is 9.97. The first-order chi connectivity index (χ1) is 12.0. The van der Waals surface area contributed by atoms with E-state index in [9.17, 15) is 13.6 Å². The van der Waals surface area contributed by atoms with Crippen LogP contribution in [0.5, 0.6) is 5.75 Å². The first-order valence-electron chi connectivity index (χ1n) is 7.81. The summed E-state index contributed by atoms with van der Waals surface area (Å²) in [6.45, 7) is 1.75. The van der Waals surface area contributed by atoms with Crippen LogP contribution in [0.1, 0.15) is 18.4 Å². The van der Waals surface area contributed by atoms with E-state index in [2.05, 4.69) is 5.32 Å². The smallest absolute Gasteiger partial charge is 0.231 e. The Morgan fingerprint density at radius 2 is 1.60 bits per heavy atom. The molecule has 1 N–H and O–H groups in total. The van der Waals surface area contributed by atoms with Gasteiger partial charge in [-0.05, 0) is 47.5 Å². The summed E-state index contributed by atoms with van der Waals surface area (Å²) < 4.78 is 31.7. The number of carbonyl (C=O) groups is 1. The van der Waals surface area contributed by atoms with Crippen molar-refractivity contribution in [2.24, 2.45) is 0 Å². The Bertz CT molecular complexity index is 920. The highest BCUT2D eigenvalue weighted by atomic mass is 19.1. The topological polar surface area (TPSA) is 38.3 Å². The number of benzene rings is 3. The van der Waals surface area contributed by atoms with E-state index >= 15 is 0 Å². The average molecular weight is 341 g/mol. The predicted molar refractivity (Wildman–Crippen MR) is 93.9 cm³/mol. The third-order valence-corrected chi connectivity index (χ3v) is 4.09. The van der Waals surface area contributed by atoms with Crippen molar-refractivity contribution in [3.63, 3.8) is 0 Å². The third kappa shape index (κ3) is 3.76. The Hall–Kier alpha value is -2.95. The van der Waals surface area contributed by atoms with E-state index < -0.39 is 17.6 Å². The maximum Gasteiger partial charge on any atom is 0.231 e. The van der Waals surface area contributed by atoms with E-state index in [1.807, 2.05) is 36.4 Å². The second kappa shape index (κ2) is 6.89. The molecule has 3 rings (SSSR count). The fraction of sp³-hybridized carbons (Fsp3) is 0.150. The van der Waals surface area contributed by atoms with Gasteiger partial charge in [0.2, 0.25) is 5.91 Å². The maximum atomic E-state index is 13.2. The first kappa shape index (κ1) is 16.9. The highest BCUT2D eigenvalue weighted by Gasteiger charge is 2.16. The van der Waals surface area contributed by atoms with Crippen molar-refractivity contribution in [1.29, 1.82) is 0 Å². The Morgan fingerprint density at radius 3 is 2.28 bits per heavy atom. The minimum atomic E-state index is -0.734. The summed E-state index contributed by atoms with van der Waals surface area (Å²) in [5, 5.41) is 4.53. The molecule has 3 nitrogen and oxygen atoms in total. The van der Waals surface area contributed by atoms with E-state index in [1.165, 1.54) is 0 Å². The molecule has 1 atom stereocenters. The van der Waals surface area contributed by atoms with Gasteiger partial charge in [0.05, 0.1) is 13.0 Å². The molecule has 0 saturated carbocycles. The number of carbonyl (C=O) groups excluding carboxylic acids is 1. The van der Waals surface area contributed by atoms with Crippen molar-refractivity contribution >= 4 is 22.4 Å². The summed E-state index contributed by atoms with van der Waals surface area (Å²) in [6, 6.07) is 14.3. The van der Waals surface area contributed by atoms with Gasteiger partial charge in [0, 0.05) is 11.8 Å². The van der Waals surface area contributed by atoms with Gasteiger partial charge in [0.1, 0.15) is 17.4 Å². The molecule has 0 saturated heterocycles. The summed E-state index contributed by atoms with van der Waals surface area (Å²) in [6.07, 6.45) is 0. The van der Waals surface area contributed by atoms with Gasteiger partial charge < -0.3 is 10.1 Å². The number of ether oxygens (including phenoxy) is 1. The summed E-state index contributed by atoms with van der Waals surface area (Å²) in [5.74, 6) is -1.51. The van der Waals surface area contributed by atoms with E-state index in [4.69, 9.17) is 4.74 Å². The molecule has 3 aromatic carbocycles. The Balaban J connectivity index is 1.82. The summed E-state index contributed by atoms with van der Waals surface area (Å²) in [7, 11) is 1.61. The number of methoxy groups -OCH3 is 1. The second-order valence-corrected chi connectivity index (χ2v) is 5.84. The van der Waals surface area contributed by atoms with Crippen LogP contribution in [0.25, 0.3) is 10.8 Å². The number of fused-ring (bicyclic) bond motifs is 1. The molecule has 0 aromatic heterocycles. The molecular weight excluding hydrogens is 324 g/mol. The molecule has 0 aliphatic carbocycles. The van der Waals surface area contributed by atoms with Crippen LogP contribution in [0.3, 0.4) is 0 Å². The lowest BCUT2D eigenvalue weighted by Crippen LogP contribution is -2.19. The minimum absolute atomic E-state index is 0.0971. The van der Waals surface area contributed by atoms with Gasteiger partial charge in [0.25, 0.3) is 0 Å².